The highest BCUT2D eigenvalue weighted by Gasteiger charge is 2.64. The third kappa shape index (κ3) is 2.69. The zero-order chi connectivity index (χ0) is 21.3. The lowest BCUT2D eigenvalue weighted by Gasteiger charge is -2.30. The third-order valence-electron chi connectivity index (χ3n) is 6.96. The maximum Gasteiger partial charge on any atom is 0.259 e. The van der Waals surface area contributed by atoms with Crippen molar-refractivity contribution in [2.45, 2.75) is 30.9 Å². The van der Waals surface area contributed by atoms with Crippen LogP contribution in [-0.4, -0.2) is 56.2 Å². The number of aliphatic hydroxyl groups is 1. The maximum absolute atomic E-state index is 14.7. The van der Waals surface area contributed by atoms with Gasteiger partial charge in [0.25, 0.3) is 5.91 Å². The summed E-state index contributed by atoms with van der Waals surface area (Å²) in [6, 6.07) is 5.40. The summed E-state index contributed by atoms with van der Waals surface area (Å²) in [6.45, 7) is 1.47. The van der Waals surface area contributed by atoms with E-state index in [1.807, 2.05) is 4.90 Å². The first kappa shape index (κ1) is 18.7. The van der Waals surface area contributed by atoms with E-state index in [2.05, 4.69) is 5.10 Å². The first-order valence-electron chi connectivity index (χ1n) is 10.5. The molecule has 3 fully saturated rings. The van der Waals surface area contributed by atoms with Crippen molar-refractivity contribution in [3.63, 3.8) is 0 Å². The zero-order valence-corrected chi connectivity index (χ0v) is 16.7. The lowest BCUT2D eigenvalue weighted by Crippen LogP contribution is -2.34. The first-order valence-corrected chi connectivity index (χ1v) is 10.5. The van der Waals surface area contributed by atoms with Crippen molar-refractivity contribution in [2.75, 3.05) is 24.5 Å². The standard InChI is InChI=1S/C22H21F2N5O2/c23-14-1-2-18(24)17(9-14)22-10-13(22)3-7-28(22)19-5-8-29-20(26-19)16(11-25-29)21(31)27-6-4-15(30)12-27/h1-2,5,8-9,11,13,15,30H,3-4,6-7,10,12H2/t13-,15-,22+/m0/s1. The van der Waals surface area contributed by atoms with Crippen molar-refractivity contribution in [3.05, 3.63) is 59.4 Å². The number of rotatable bonds is 3. The van der Waals surface area contributed by atoms with E-state index in [4.69, 9.17) is 4.98 Å². The fourth-order valence-corrected chi connectivity index (χ4v) is 5.35. The van der Waals surface area contributed by atoms with E-state index in [1.54, 1.807) is 21.7 Å². The maximum atomic E-state index is 14.7. The molecule has 2 saturated heterocycles. The molecule has 3 aliphatic rings. The number of nitrogens with zero attached hydrogens (tertiary/aromatic N) is 5. The molecule has 7 nitrogen and oxygen atoms in total. The Bertz CT molecular complexity index is 1210. The van der Waals surface area contributed by atoms with Crippen LogP contribution in [0.3, 0.4) is 0 Å². The molecule has 0 radical (unpaired) electrons. The van der Waals surface area contributed by atoms with Crippen LogP contribution in [0.15, 0.2) is 36.7 Å². The fraction of sp³-hybridized carbons (Fsp3) is 0.409. The summed E-state index contributed by atoms with van der Waals surface area (Å²) in [5, 5.41) is 14.0. The van der Waals surface area contributed by atoms with Crippen molar-refractivity contribution in [3.8, 4) is 0 Å². The van der Waals surface area contributed by atoms with Gasteiger partial charge < -0.3 is 14.9 Å². The molecular formula is C22H21F2N5O2. The SMILES string of the molecule is O=C(c1cnn2ccc(N3CC[C@H]4C[C@]43c3cc(F)ccc3F)nc12)N1CC[C@H](O)C1. The Balaban J connectivity index is 1.40. The van der Waals surface area contributed by atoms with Crippen LogP contribution in [0.25, 0.3) is 5.65 Å². The molecule has 160 valence electrons. The average molecular weight is 425 g/mol. The van der Waals surface area contributed by atoms with Gasteiger partial charge in [0.2, 0.25) is 0 Å². The van der Waals surface area contributed by atoms with Gasteiger partial charge in [-0.15, -0.1) is 0 Å². The number of aromatic nitrogens is 3. The number of fused-ring (bicyclic) bond motifs is 2. The Hall–Kier alpha value is -3.07. The molecule has 1 N–H and O–H groups in total. The molecular weight excluding hydrogens is 404 g/mol. The lowest BCUT2D eigenvalue weighted by atomic mass is 10.0. The minimum atomic E-state index is -0.596. The molecule has 1 aliphatic carbocycles. The molecule has 1 amide bonds. The molecule has 3 aromatic rings. The van der Waals surface area contributed by atoms with Crippen LogP contribution in [-0.2, 0) is 5.54 Å². The van der Waals surface area contributed by atoms with Crippen molar-refractivity contribution >= 4 is 17.4 Å². The van der Waals surface area contributed by atoms with Gasteiger partial charge in [0.1, 0.15) is 23.0 Å². The van der Waals surface area contributed by atoms with Gasteiger partial charge in [0.15, 0.2) is 5.65 Å². The van der Waals surface area contributed by atoms with E-state index < -0.39 is 23.3 Å². The van der Waals surface area contributed by atoms with E-state index >= 15 is 0 Å². The van der Waals surface area contributed by atoms with Gasteiger partial charge in [-0.2, -0.15) is 5.10 Å². The van der Waals surface area contributed by atoms with Crippen molar-refractivity contribution < 1.29 is 18.7 Å². The number of hydrogen-bond donors (Lipinski definition) is 1. The van der Waals surface area contributed by atoms with Crippen LogP contribution < -0.4 is 4.90 Å². The Labute approximate surface area is 176 Å². The highest BCUT2D eigenvalue weighted by Crippen LogP contribution is 2.63. The van der Waals surface area contributed by atoms with E-state index in [1.165, 1.54) is 18.3 Å². The number of halogens is 2. The molecule has 2 aliphatic heterocycles. The Kier molecular flexibility index (Phi) is 3.89. The number of anilines is 1. The highest BCUT2D eigenvalue weighted by atomic mass is 19.1. The number of carbonyl (C=O) groups excluding carboxylic acids is 1. The van der Waals surface area contributed by atoms with Crippen molar-refractivity contribution in [1.82, 2.24) is 19.5 Å². The number of benzene rings is 1. The Morgan fingerprint density at radius 1 is 1.19 bits per heavy atom. The monoisotopic (exact) mass is 425 g/mol. The van der Waals surface area contributed by atoms with Crippen LogP contribution in [0.4, 0.5) is 14.6 Å². The van der Waals surface area contributed by atoms with Gasteiger partial charge in [0, 0.05) is 31.4 Å². The summed E-state index contributed by atoms with van der Waals surface area (Å²) >= 11 is 0. The fourth-order valence-electron chi connectivity index (χ4n) is 5.35. The van der Waals surface area contributed by atoms with Crippen molar-refractivity contribution in [1.29, 1.82) is 0 Å². The predicted octanol–water partition coefficient (Wildman–Crippen LogP) is 2.34. The molecule has 6 rings (SSSR count). The van der Waals surface area contributed by atoms with Crippen molar-refractivity contribution in [2.24, 2.45) is 5.92 Å². The lowest BCUT2D eigenvalue weighted by molar-refractivity contribution is 0.0766. The molecule has 0 spiro atoms. The largest absolute Gasteiger partial charge is 0.391 e. The number of hydrogen-bond acceptors (Lipinski definition) is 5. The molecule has 3 atom stereocenters. The minimum Gasteiger partial charge on any atom is -0.391 e. The Morgan fingerprint density at radius 2 is 2.06 bits per heavy atom. The second-order valence-electron chi connectivity index (χ2n) is 8.70. The third-order valence-corrected chi connectivity index (χ3v) is 6.96. The molecule has 9 heteroatoms. The van der Waals surface area contributed by atoms with Crippen LogP contribution in [0, 0.1) is 17.6 Å². The van der Waals surface area contributed by atoms with Gasteiger partial charge in [-0.05, 0) is 49.4 Å². The molecule has 4 heterocycles. The van der Waals surface area contributed by atoms with E-state index in [9.17, 15) is 18.7 Å². The molecule has 0 unspecified atom stereocenters. The topological polar surface area (TPSA) is 74.0 Å². The van der Waals surface area contributed by atoms with Gasteiger partial charge in [-0.3, -0.25) is 4.79 Å². The second-order valence-corrected chi connectivity index (χ2v) is 8.70. The van der Waals surface area contributed by atoms with E-state index in [0.29, 0.717) is 48.6 Å². The molecule has 31 heavy (non-hydrogen) atoms. The van der Waals surface area contributed by atoms with Crippen LogP contribution in [0.5, 0.6) is 0 Å². The number of amides is 1. The number of β-amino-alcohol motifs (C(OH)–C–C–N with tert-alkyl or cyclic N) is 1. The van der Waals surface area contributed by atoms with Gasteiger partial charge in [0.05, 0.1) is 17.8 Å². The molecule has 1 aromatic carbocycles. The average Bonchev–Trinajstić information content (AvgIpc) is 3.10. The molecule has 1 saturated carbocycles. The summed E-state index contributed by atoms with van der Waals surface area (Å²) in [5.74, 6) is -0.216. The normalized spacial score (nSPS) is 27.2. The summed E-state index contributed by atoms with van der Waals surface area (Å²) < 4.78 is 30.1. The quantitative estimate of drug-likeness (QED) is 0.697. The number of aliphatic hydroxyl groups excluding tert-OH is 1. The summed E-state index contributed by atoms with van der Waals surface area (Å²) in [5.41, 5.74) is 0.560. The van der Waals surface area contributed by atoms with Gasteiger partial charge in [-0.25, -0.2) is 18.3 Å². The highest BCUT2D eigenvalue weighted by molar-refractivity contribution is 6.00. The smallest absolute Gasteiger partial charge is 0.259 e. The van der Waals surface area contributed by atoms with Crippen LogP contribution in [0.2, 0.25) is 0 Å². The second kappa shape index (κ2) is 6.46. The minimum absolute atomic E-state index is 0.215. The van der Waals surface area contributed by atoms with Gasteiger partial charge >= 0.3 is 0 Å². The summed E-state index contributed by atoms with van der Waals surface area (Å²) in [6.07, 6.45) is 4.90. The van der Waals surface area contributed by atoms with E-state index in [-0.39, 0.29) is 11.8 Å². The van der Waals surface area contributed by atoms with Crippen LogP contribution in [0.1, 0.15) is 35.2 Å². The number of likely N-dealkylation sites (tertiary alicyclic amines) is 1. The number of carbonyl (C=O) groups is 1. The predicted molar refractivity (Wildman–Crippen MR) is 108 cm³/mol. The van der Waals surface area contributed by atoms with Gasteiger partial charge in [-0.1, -0.05) is 0 Å². The zero-order valence-electron chi connectivity index (χ0n) is 16.7. The summed E-state index contributed by atoms with van der Waals surface area (Å²) in [4.78, 5) is 21.3. The summed E-state index contributed by atoms with van der Waals surface area (Å²) in [7, 11) is 0. The Morgan fingerprint density at radius 3 is 2.84 bits per heavy atom. The molecule has 0 bridgehead atoms. The van der Waals surface area contributed by atoms with Crippen LogP contribution >= 0.6 is 0 Å². The molecule has 2 aromatic heterocycles. The number of piperidine rings is 1. The van der Waals surface area contributed by atoms with E-state index in [0.717, 1.165) is 18.9 Å². The first-order chi connectivity index (χ1) is 15.0.